The van der Waals surface area contributed by atoms with Gasteiger partial charge in [-0.15, -0.1) is 0 Å². The van der Waals surface area contributed by atoms with E-state index in [9.17, 15) is 8.78 Å². The molecule has 0 unspecified atom stereocenters. The molecule has 0 atom stereocenters. The Kier molecular flexibility index (Phi) is 6.01. The number of rotatable bonds is 8. The van der Waals surface area contributed by atoms with Gasteiger partial charge in [0.15, 0.2) is 0 Å². The molecule has 0 aliphatic carbocycles. The SMILES string of the molecule is CCCOc1ccc(CNCC(F)(F)CO)cc1. The second kappa shape index (κ2) is 7.28. The van der Waals surface area contributed by atoms with Gasteiger partial charge in [0.2, 0.25) is 0 Å². The number of nitrogens with one attached hydrogen (secondary N) is 1. The van der Waals surface area contributed by atoms with Gasteiger partial charge in [-0.05, 0) is 24.1 Å². The van der Waals surface area contributed by atoms with E-state index in [2.05, 4.69) is 5.32 Å². The predicted molar refractivity (Wildman–Crippen MR) is 66.0 cm³/mol. The average molecular weight is 259 g/mol. The lowest BCUT2D eigenvalue weighted by molar-refractivity contribution is -0.0477. The molecule has 0 heterocycles. The van der Waals surface area contributed by atoms with Crippen LogP contribution in [0.4, 0.5) is 8.78 Å². The summed E-state index contributed by atoms with van der Waals surface area (Å²) in [6.45, 7) is 1.37. The van der Waals surface area contributed by atoms with E-state index in [0.29, 0.717) is 13.2 Å². The van der Waals surface area contributed by atoms with Crippen molar-refractivity contribution in [2.24, 2.45) is 0 Å². The first-order valence-electron chi connectivity index (χ1n) is 5.98. The minimum absolute atomic E-state index is 0.337. The van der Waals surface area contributed by atoms with Gasteiger partial charge in [-0.25, -0.2) is 8.78 Å². The van der Waals surface area contributed by atoms with Crippen molar-refractivity contribution < 1.29 is 18.6 Å². The quantitative estimate of drug-likeness (QED) is 0.752. The molecule has 0 saturated carbocycles. The fourth-order valence-electron chi connectivity index (χ4n) is 1.37. The normalized spacial score (nSPS) is 11.6. The van der Waals surface area contributed by atoms with Crippen molar-refractivity contribution in [3.63, 3.8) is 0 Å². The molecule has 0 spiro atoms. The maximum Gasteiger partial charge on any atom is 0.282 e. The zero-order valence-corrected chi connectivity index (χ0v) is 10.5. The Balaban J connectivity index is 2.35. The first kappa shape index (κ1) is 14.9. The molecule has 1 aromatic carbocycles. The summed E-state index contributed by atoms with van der Waals surface area (Å²) in [5.74, 6) is -2.29. The highest BCUT2D eigenvalue weighted by Crippen LogP contribution is 2.13. The zero-order chi connectivity index (χ0) is 13.4. The summed E-state index contributed by atoms with van der Waals surface area (Å²) in [5, 5.41) is 11.0. The monoisotopic (exact) mass is 259 g/mol. The number of benzene rings is 1. The number of alkyl halides is 2. The molecular formula is C13H19F2NO2. The molecule has 0 bridgehead atoms. The molecule has 1 aromatic rings. The topological polar surface area (TPSA) is 41.5 Å². The standard InChI is InChI=1S/C13H19F2NO2/c1-2-7-18-12-5-3-11(4-6-12)8-16-9-13(14,15)10-17/h3-6,16-17H,2,7-10H2,1H3. The van der Waals surface area contributed by atoms with Crippen LogP contribution in [0.25, 0.3) is 0 Å². The van der Waals surface area contributed by atoms with Crippen molar-refractivity contribution in [2.75, 3.05) is 19.8 Å². The maximum atomic E-state index is 12.7. The van der Waals surface area contributed by atoms with Gasteiger partial charge in [-0.2, -0.15) is 0 Å². The maximum absolute atomic E-state index is 12.7. The third-order valence-electron chi connectivity index (χ3n) is 2.34. The van der Waals surface area contributed by atoms with E-state index in [1.807, 2.05) is 31.2 Å². The third kappa shape index (κ3) is 5.42. The van der Waals surface area contributed by atoms with E-state index in [-0.39, 0.29) is 0 Å². The van der Waals surface area contributed by atoms with Gasteiger partial charge in [0.1, 0.15) is 12.4 Å². The Labute approximate surface area is 106 Å². The van der Waals surface area contributed by atoms with Crippen LogP contribution < -0.4 is 10.1 Å². The number of aliphatic hydroxyl groups is 1. The summed E-state index contributed by atoms with van der Waals surface area (Å²) in [4.78, 5) is 0. The van der Waals surface area contributed by atoms with E-state index >= 15 is 0 Å². The summed E-state index contributed by atoms with van der Waals surface area (Å²) < 4.78 is 30.9. The average Bonchev–Trinajstić information content (AvgIpc) is 2.38. The second-order valence-corrected chi connectivity index (χ2v) is 4.11. The second-order valence-electron chi connectivity index (χ2n) is 4.11. The summed E-state index contributed by atoms with van der Waals surface area (Å²) in [7, 11) is 0. The Bertz CT molecular complexity index is 341. The van der Waals surface area contributed by atoms with Gasteiger partial charge >= 0.3 is 0 Å². The molecular weight excluding hydrogens is 240 g/mol. The molecule has 5 heteroatoms. The van der Waals surface area contributed by atoms with Crippen LogP contribution in [0, 0.1) is 0 Å². The van der Waals surface area contributed by atoms with Crippen molar-refractivity contribution in [3.05, 3.63) is 29.8 Å². The van der Waals surface area contributed by atoms with E-state index < -0.39 is 19.1 Å². The minimum atomic E-state index is -3.07. The number of halogens is 2. The fraction of sp³-hybridized carbons (Fsp3) is 0.538. The van der Waals surface area contributed by atoms with Crippen molar-refractivity contribution in [3.8, 4) is 5.75 Å². The van der Waals surface area contributed by atoms with Crippen LogP contribution in [-0.2, 0) is 6.54 Å². The molecule has 0 aliphatic heterocycles. The minimum Gasteiger partial charge on any atom is -0.494 e. The molecule has 102 valence electrons. The van der Waals surface area contributed by atoms with Crippen LogP contribution in [0.3, 0.4) is 0 Å². The highest BCUT2D eigenvalue weighted by atomic mass is 19.3. The van der Waals surface area contributed by atoms with Crippen molar-refractivity contribution in [1.29, 1.82) is 0 Å². The Morgan fingerprint density at radius 3 is 2.50 bits per heavy atom. The number of hydrogen-bond donors (Lipinski definition) is 2. The van der Waals surface area contributed by atoms with Crippen LogP contribution >= 0.6 is 0 Å². The van der Waals surface area contributed by atoms with Crippen molar-refractivity contribution in [1.82, 2.24) is 5.32 Å². The summed E-state index contributed by atoms with van der Waals surface area (Å²) in [6.07, 6.45) is 0.944. The first-order chi connectivity index (χ1) is 8.57. The highest BCUT2D eigenvalue weighted by molar-refractivity contribution is 5.27. The van der Waals surface area contributed by atoms with Gasteiger partial charge < -0.3 is 15.2 Å². The summed E-state index contributed by atoms with van der Waals surface area (Å²) in [6, 6.07) is 7.29. The largest absolute Gasteiger partial charge is 0.494 e. The number of ether oxygens (including phenoxy) is 1. The van der Waals surface area contributed by atoms with Gasteiger partial charge in [-0.1, -0.05) is 19.1 Å². The van der Waals surface area contributed by atoms with E-state index in [1.165, 1.54) is 0 Å². The van der Waals surface area contributed by atoms with Gasteiger partial charge in [0.25, 0.3) is 5.92 Å². The lowest BCUT2D eigenvalue weighted by Gasteiger charge is -2.14. The van der Waals surface area contributed by atoms with Crippen LogP contribution in [0.5, 0.6) is 5.75 Å². The summed E-state index contributed by atoms with van der Waals surface area (Å²) in [5.41, 5.74) is 0.896. The number of aliphatic hydroxyl groups excluding tert-OH is 1. The van der Waals surface area contributed by atoms with E-state index in [4.69, 9.17) is 9.84 Å². The lowest BCUT2D eigenvalue weighted by atomic mass is 10.2. The van der Waals surface area contributed by atoms with Gasteiger partial charge in [0.05, 0.1) is 13.2 Å². The molecule has 0 aliphatic rings. The molecule has 0 radical (unpaired) electrons. The first-order valence-corrected chi connectivity index (χ1v) is 5.98. The smallest absolute Gasteiger partial charge is 0.282 e. The Morgan fingerprint density at radius 2 is 1.94 bits per heavy atom. The van der Waals surface area contributed by atoms with E-state index in [0.717, 1.165) is 17.7 Å². The molecule has 0 amide bonds. The number of hydrogen-bond acceptors (Lipinski definition) is 3. The highest BCUT2D eigenvalue weighted by Gasteiger charge is 2.26. The zero-order valence-electron chi connectivity index (χ0n) is 10.5. The predicted octanol–water partition coefficient (Wildman–Crippen LogP) is 2.19. The molecule has 1 rings (SSSR count). The molecule has 0 fully saturated rings. The molecule has 0 aromatic heterocycles. The van der Waals surface area contributed by atoms with Crippen molar-refractivity contribution in [2.45, 2.75) is 25.8 Å². The Hall–Kier alpha value is -1.20. The van der Waals surface area contributed by atoms with E-state index in [1.54, 1.807) is 0 Å². The third-order valence-corrected chi connectivity index (χ3v) is 2.34. The Morgan fingerprint density at radius 1 is 1.28 bits per heavy atom. The molecule has 0 saturated heterocycles. The molecule has 2 N–H and O–H groups in total. The van der Waals surface area contributed by atoms with Crippen LogP contribution in [0.15, 0.2) is 24.3 Å². The van der Waals surface area contributed by atoms with Crippen molar-refractivity contribution >= 4 is 0 Å². The fourth-order valence-corrected chi connectivity index (χ4v) is 1.37. The van der Waals surface area contributed by atoms with Gasteiger partial charge in [-0.3, -0.25) is 0 Å². The molecule has 3 nitrogen and oxygen atoms in total. The van der Waals surface area contributed by atoms with Gasteiger partial charge in [0, 0.05) is 6.54 Å². The summed E-state index contributed by atoms with van der Waals surface area (Å²) >= 11 is 0. The van der Waals surface area contributed by atoms with Crippen LogP contribution in [-0.4, -0.2) is 30.8 Å². The van der Waals surface area contributed by atoms with Crippen LogP contribution in [0.2, 0.25) is 0 Å². The van der Waals surface area contributed by atoms with Crippen LogP contribution in [0.1, 0.15) is 18.9 Å². The molecule has 18 heavy (non-hydrogen) atoms. The lowest BCUT2D eigenvalue weighted by Crippen LogP contribution is -2.35.